The molecule has 0 spiro atoms. The van der Waals surface area contributed by atoms with E-state index in [0.717, 1.165) is 16.3 Å². The predicted molar refractivity (Wildman–Crippen MR) is 114 cm³/mol. The molecule has 1 aromatic heterocycles. The fourth-order valence-corrected chi connectivity index (χ4v) is 4.50. The second-order valence-electron chi connectivity index (χ2n) is 7.81. The van der Waals surface area contributed by atoms with Crippen molar-refractivity contribution in [2.45, 2.75) is 39.3 Å². The van der Waals surface area contributed by atoms with Crippen molar-refractivity contribution in [2.75, 3.05) is 20.3 Å². The number of aromatic nitrogens is 1. The third kappa shape index (κ3) is 3.63. The summed E-state index contributed by atoms with van der Waals surface area (Å²) in [5.41, 5.74) is 1.36. The van der Waals surface area contributed by atoms with Gasteiger partial charge in [0, 0.05) is 34.6 Å². The summed E-state index contributed by atoms with van der Waals surface area (Å²) in [6, 6.07) is 8.07. The third-order valence-electron chi connectivity index (χ3n) is 5.62. The number of hydrogen-bond acceptors (Lipinski definition) is 4. The lowest BCUT2D eigenvalue weighted by atomic mass is 9.92. The van der Waals surface area contributed by atoms with Crippen LogP contribution >= 0.6 is 11.6 Å². The first-order chi connectivity index (χ1) is 14.1. The summed E-state index contributed by atoms with van der Waals surface area (Å²) >= 11 is 6.25. The highest BCUT2D eigenvalue weighted by Crippen LogP contribution is 2.33. The van der Waals surface area contributed by atoms with E-state index in [4.69, 9.17) is 16.3 Å². The molecule has 30 heavy (non-hydrogen) atoms. The van der Waals surface area contributed by atoms with Crippen LogP contribution in [0.3, 0.4) is 0 Å². The lowest BCUT2D eigenvalue weighted by Crippen LogP contribution is -2.41. The van der Waals surface area contributed by atoms with Crippen molar-refractivity contribution in [3.63, 3.8) is 0 Å². The topological polar surface area (TPSA) is 80.6 Å². The molecule has 1 fully saturated rings. The van der Waals surface area contributed by atoms with Crippen LogP contribution in [0.1, 0.15) is 47.2 Å². The van der Waals surface area contributed by atoms with Gasteiger partial charge < -0.3 is 14.6 Å². The molecule has 1 aliphatic rings. The minimum absolute atomic E-state index is 0.0526. The molecule has 2 aromatic rings. The number of ketones is 1. The molecule has 3 rings (SSSR count). The Kier molecular flexibility index (Phi) is 6.06. The van der Waals surface area contributed by atoms with Crippen LogP contribution in [0.4, 0.5) is 4.79 Å². The van der Waals surface area contributed by atoms with E-state index in [0.29, 0.717) is 22.8 Å². The summed E-state index contributed by atoms with van der Waals surface area (Å²) in [7, 11) is 1.63. The van der Waals surface area contributed by atoms with Crippen molar-refractivity contribution < 1.29 is 19.1 Å². The Hall–Kier alpha value is -2.64. The fourth-order valence-electron chi connectivity index (χ4n) is 4.17. The van der Waals surface area contributed by atoms with E-state index < -0.39 is 17.5 Å². The number of amides is 3. The molecule has 1 aliphatic heterocycles. The van der Waals surface area contributed by atoms with Gasteiger partial charge in [-0.05, 0) is 39.8 Å². The molecule has 1 N–H and O–H groups in total. The van der Waals surface area contributed by atoms with Gasteiger partial charge in [-0.15, -0.1) is 0 Å². The summed E-state index contributed by atoms with van der Waals surface area (Å²) in [6.07, 6.45) is 0. The summed E-state index contributed by atoms with van der Waals surface area (Å²) in [5.74, 6) is -0.804. The SMILES string of the molecule is COC[C@@H](C)n1c(C)cc(C(=O)CN2C(=O)N[C@@](C)(c3ccccc3Cl)C2=O)c1C. The van der Waals surface area contributed by atoms with Crippen LogP contribution in [0.15, 0.2) is 30.3 Å². The molecule has 0 saturated carbocycles. The number of imide groups is 1. The number of Topliss-reactive ketones (excluding diaryl/α,β-unsaturated/α-hetero) is 1. The van der Waals surface area contributed by atoms with Crippen LogP contribution < -0.4 is 5.32 Å². The van der Waals surface area contributed by atoms with E-state index in [1.165, 1.54) is 0 Å². The van der Waals surface area contributed by atoms with E-state index in [9.17, 15) is 14.4 Å². The Balaban J connectivity index is 1.86. The molecule has 160 valence electrons. The van der Waals surface area contributed by atoms with Gasteiger partial charge in [-0.3, -0.25) is 14.5 Å². The van der Waals surface area contributed by atoms with Crippen LogP contribution in [0.5, 0.6) is 0 Å². The third-order valence-corrected chi connectivity index (χ3v) is 5.95. The van der Waals surface area contributed by atoms with Gasteiger partial charge in [0.15, 0.2) is 5.78 Å². The maximum atomic E-state index is 13.1. The van der Waals surface area contributed by atoms with Crippen LogP contribution in [-0.4, -0.2) is 47.4 Å². The highest BCUT2D eigenvalue weighted by molar-refractivity contribution is 6.32. The first-order valence-electron chi connectivity index (χ1n) is 9.71. The quantitative estimate of drug-likeness (QED) is 0.536. The smallest absolute Gasteiger partial charge is 0.325 e. The molecular weight excluding hydrogens is 406 g/mol. The van der Waals surface area contributed by atoms with Gasteiger partial charge in [0.25, 0.3) is 5.91 Å². The normalized spacial score (nSPS) is 19.9. The van der Waals surface area contributed by atoms with Crippen molar-refractivity contribution in [3.05, 3.63) is 57.9 Å². The molecule has 0 radical (unpaired) electrons. The maximum absolute atomic E-state index is 13.1. The van der Waals surface area contributed by atoms with Crippen molar-refractivity contribution in [1.29, 1.82) is 0 Å². The van der Waals surface area contributed by atoms with Gasteiger partial charge in [0.05, 0.1) is 19.2 Å². The minimum Gasteiger partial charge on any atom is -0.383 e. The number of methoxy groups -OCH3 is 1. The molecular formula is C22H26ClN3O4. The Bertz CT molecular complexity index is 1020. The molecule has 2 atom stereocenters. The molecule has 0 unspecified atom stereocenters. The first kappa shape index (κ1) is 22.1. The zero-order chi connectivity index (χ0) is 22.2. The van der Waals surface area contributed by atoms with Gasteiger partial charge in [-0.25, -0.2) is 4.79 Å². The standard InChI is InChI=1S/C22H26ClN3O4/c1-13-10-16(15(3)26(13)14(2)12-30-5)19(27)11-25-20(28)22(4,24-21(25)29)17-8-6-7-9-18(17)23/h6-10,14H,11-12H2,1-5H3,(H,24,29)/t14-,22+/m1/s1. The number of rotatable bonds is 7. The van der Waals surface area contributed by atoms with Gasteiger partial charge in [-0.2, -0.15) is 0 Å². The number of carbonyl (C=O) groups is 3. The highest BCUT2D eigenvalue weighted by Gasteiger charge is 2.50. The van der Waals surface area contributed by atoms with Gasteiger partial charge in [0.1, 0.15) is 5.54 Å². The van der Waals surface area contributed by atoms with Crippen molar-refractivity contribution in [3.8, 4) is 0 Å². The Morgan fingerprint density at radius 1 is 1.27 bits per heavy atom. The monoisotopic (exact) mass is 431 g/mol. The number of carbonyl (C=O) groups excluding carboxylic acids is 3. The number of aryl methyl sites for hydroxylation is 1. The average molecular weight is 432 g/mol. The number of nitrogens with zero attached hydrogens (tertiary/aromatic N) is 2. The van der Waals surface area contributed by atoms with Crippen LogP contribution in [0, 0.1) is 13.8 Å². The highest BCUT2D eigenvalue weighted by atomic mass is 35.5. The largest absolute Gasteiger partial charge is 0.383 e. The van der Waals surface area contributed by atoms with Gasteiger partial charge in [-0.1, -0.05) is 29.8 Å². The fraction of sp³-hybridized carbons (Fsp3) is 0.409. The number of nitrogens with one attached hydrogen (secondary N) is 1. The average Bonchev–Trinajstić information content (AvgIpc) is 3.10. The van der Waals surface area contributed by atoms with Crippen LogP contribution in [0.2, 0.25) is 5.02 Å². The second kappa shape index (κ2) is 8.24. The summed E-state index contributed by atoms with van der Waals surface area (Å²) in [6.45, 7) is 7.53. The zero-order valence-electron chi connectivity index (χ0n) is 17.8. The summed E-state index contributed by atoms with van der Waals surface area (Å²) in [4.78, 5) is 39.7. The molecule has 8 heteroatoms. The van der Waals surface area contributed by atoms with Crippen LogP contribution in [0.25, 0.3) is 0 Å². The molecule has 0 aliphatic carbocycles. The number of benzene rings is 1. The molecule has 7 nitrogen and oxygen atoms in total. The molecule has 1 saturated heterocycles. The predicted octanol–water partition coefficient (Wildman–Crippen LogP) is 3.62. The van der Waals surface area contributed by atoms with E-state index in [-0.39, 0.29) is 18.4 Å². The Morgan fingerprint density at radius 2 is 1.93 bits per heavy atom. The minimum atomic E-state index is -1.32. The van der Waals surface area contributed by atoms with E-state index in [2.05, 4.69) is 5.32 Å². The second-order valence-corrected chi connectivity index (χ2v) is 8.22. The van der Waals surface area contributed by atoms with E-state index in [1.807, 2.05) is 25.3 Å². The van der Waals surface area contributed by atoms with Crippen molar-refractivity contribution in [2.24, 2.45) is 0 Å². The number of urea groups is 1. The van der Waals surface area contributed by atoms with Crippen LogP contribution in [-0.2, 0) is 15.1 Å². The number of halogens is 1. The zero-order valence-corrected chi connectivity index (χ0v) is 18.5. The molecule has 2 heterocycles. The van der Waals surface area contributed by atoms with Crippen molar-refractivity contribution in [1.82, 2.24) is 14.8 Å². The lowest BCUT2D eigenvalue weighted by Gasteiger charge is -2.23. The summed E-state index contributed by atoms with van der Waals surface area (Å²) in [5, 5.41) is 3.06. The molecule has 1 aromatic carbocycles. The Morgan fingerprint density at radius 3 is 2.57 bits per heavy atom. The molecule has 0 bridgehead atoms. The van der Waals surface area contributed by atoms with Crippen molar-refractivity contribution >= 4 is 29.3 Å². The van der Waals surface area contributed by atoms with E-state index >= 15 is 0 Å². The van der Waals surface area contributed by atoms with Gasteiger partial charge >= 0.3 is 6.03 Å². The summed E-state index contributed by atoms with van der Waals surface area (Å²) < 4.78 is 7.25. The number of hydrogen-bond donors (Lipinski definition) is 1. The van der Waals surface area contributed by atoms with E-state index in [1.54, 1.807) is 44.4 Å². The molecule has 3 amide bonds. The Labute approximate surface area is 180 Å². The van der Waals surface area contributed by atoms with Gasteiger partial charge in [0.2, 0.25) is 0 Å². The maximum Gasteiger partial charge on any atom is 0.325 e. The lowest BCUT2D eigenvalue weighted by molar-refractivity contribution is -0.130. The first-order valence-corrected chi connectivity index (χ1v) is 10.1. The number of ether oxygens (including phenoxy) is 1.